The second kappa shape index (κ2) is 7.00. The van der Waals surface area contributed by atoms with E-state index < -0.39 is 6.84 Å². The maximum absolute atomic E-state index is 6.57. The van der Waals surface area contributed by atoms with Gasteiger partial charge in [0.25, 0.3) is 0 Å². The van der Waals surface area contributed by atoms with Crippen molar-refractivity contribution in [3.63, 3.8) is 0 Å². The predicted molar refractivity (Wildman–Crippen MR) is 110 cm³/mol. The third kappa shape index (κ3) is 4.08. The summed E-state index contributed by atoms with van der Waals surface area (Å²) in [7, 11) is 0. The number of alkyl halides is 4. The lowest BCUT2D eigenvalue weighted by atomic mass is 10.0. The molecule has 2 aliphatic rings. The van der Waals surface area contributed by atoms with Crippen LogP contribution in [0, 0.1) is 0 Å². The van der Waals surface area contributed by atoms with Crippen LogP contribution < -0.4 is 0 Å². The zero-order valence-corrected chi connectivity index (χ0v) is 19.2. The van der Waals surface area contributed by atoms with Gasteiger partial charge in [-0.3, -0.25) is 0 Å². The highest BCUT2D eigenvalue weighted by Crippen LogP contribution is 2.59. The topological polar surface area (TPSA) is 34.3 Å². The first kappa shape index (κ1) is 18.6. The summed E-state index contributed by atoms with van der Waals surface area (Å²) in [5, 5.41) is 0. The van der Waals surface area contributed by atoms with E-state index in [0.717, 1.165) is 11.1 Å². The normalized spacial score (nSPS) is 28.2. The number of ether oxygens (including phenoxy) is 3. The van der Waals surface area contributed by atoms with Gasteiger partial charge in [-0.1, -0.05) is 60.7 Å². The first-order chi connectivity index (χ1) is 11.9. The van der Waals surface area contributed by atoms with Gasteiger partial charge in [0.1, 0.15) is 24.4 Å². The van der Waals surface area contributed by atoms with Crippen LogP contribution in [0.15, 0.2) is 60.7 Å². The molecule has 3 nitrogen and oxygen atoms in total. The summed E-state index contributed by atoms with van der Waals surface area (Å²) >= 11 is 14.1. The zero-order valence-electron chi connectivity index (χ0n) is 12.8. The summed E-state index contributed by atoms with van der Waals surface area (Å²) in [6.07, 6.45) is -0.768. The van der Waals surface area contributed by atoms with Gasteiger partial charge in [0.05, 0.1) is 0 Å². The van der Waals surface area contributed by atoms with Gasteiger partial charge in [-0.2, -0.15) is 0 Å². The van der Waals surface area contributed by atoms with Crippen LogP contribution in [0.2, 0.25) is 0 Å². The third-order valence-electron chi connectivity index (χ3n) is 4.22. The van der Waals surface area contributed by atoms with E-state index in [4.69, 9.17) is 14.2 Å². The number of epoxide rings is 2. The Balaban J connectivity index is 1.64. The highest BCUT2D eigenvalue weighted by atomic mass is 79.9. The van der Waals surface area contributed by atoms with Gasteiger partial charge in [-0.15, -0.1) is 0 Å². The summed E-state index contributed by atoms with van der Waals surface area (Å²) < 4.78 is 17.0. The minimum Gasteiger partial charge on any atom is -0.360 e. The molecule has 7 heteroatoms. The van der Waals surface area contributed by atoms with Crippen molar-refractivity contribution in [1.29, 1.82) is 0 Å². The van der Waals surface area contributed by atoms with Crippen molar-refractivity contribution in [2.45, 2.75) is 31.3 Å². The molecule has 0 aliphatic carbocycles. The molecule has 0 amide bonds. The SMILES string of the molecule is BrC1(Br)OC1C(OC(c1ccccc1)C1OC1(Br)Br)c1ccccc1. The first-order valence-corrected chi connectivity index (χ1v) is 10.9. The molecule has 0 bridgehead atoms. The van der Waals surface area contributed by atoms with E-state index in [1.165, 1.54) is 0 Å². The van der Waals surface area contributed by atoms with Crippen LogP contribution in [0.3, 0.4) is 0 Å². The molecule has 0 aromatic heterocycles. The van der Waals surface area contributed by atoms with E-state index in [9.17, 15) is 0 Å². The molecule has 2 fully saturated rings. The van der Waals surface area contributed by atoms with Gasteiger partial charge >= 0.3 is 0 Å². The van der Waals surface area contributed by atoms with E-state index in [-0.39, 0.29) is 24.4 Å². The van der Waals surface area contributed by atoms with Crippen molar-refractivity contribution in [2.24, 2.45) is 0 Å². The number of hydrogen-bond acceptors (Lipinski definition) is 3. The van der Waals surface area contributed by atoms with Crippen LogP contribution in [0.1, 0.15) is 23.3 Å². The van der Waals surface area contributed by atoms with Crippen LogP contribution in [0.25, 0.3) is 0 Å². The summed E-state index contributed by atoms with van der Waals surface area (Å²) in [5.74, 6) is 0. The zero-order chi connectivity index (χ0) is 17.7. The Bertz CT molecular complexity index is 675. The fourth-order valence-electron chi connectivity index (χ4n) is 2.84. The molecule has 2 saturated heterocycles. The molecule has 0 radical (unpaired) electrons. The third-order valence-corrected chi connectivity index (χ3v) is 6.77. The van der Waals surface area contributed by atoms with E-state index in [0.29, 0.717) is 0 Å². The van der Waals surface area contributed by atoms with Crippen molar-refractivity contribution in [3.05, 3.63) is 71.8 Å². The number of benzene rings is 2. The molecule has 2 heterocycles. The Kier molecular flexibility index (Phi) is 5.21. The summed E-state index contributed by atoms with van der Waals surface area (Å²) in [5.41, 5.74) is 2.12. The number of hydrogen-bond donors (Lipinski definition) is 0. The molecule has 4 atom stereocenters. The Morgan fingerprint density at radius 2 is 1.00 bits per heavy atom. The van der Waals surface area contributed by atoms with Gasteiger partial charge in [-0.25, -0.2) is 0 Å². The van der Waals surface area contributed by atoms with Gasteiger partial charge < -0.3 is 14.2 Å². The summed E-state index contributed by atoms with van der Waals surface area (Å²) in [6, 6.07) is 20.2. The maximum Gasteiger partial charge on any atom is 0.207 e. The highest BCUT2D eigenvalue weighted by Gasteiger charge is 2.62. The molecule has 4 unspecified atom stereocenters. The second-order valence-corrected chi connectivity index (χ2v) is 12.8. The first-order valence-electron chi connectivity index (χ1n) is 7.75. The van der Waals surface area contributed by atoms with Crippen molar-refractivity contribution in [2.75, 3.05) is 0 Å². The molecule has 2 aromatic carbocycles. The second-order valence-electron chi connectivity index (χ2n) is 6.00. The van der Waals surface area contributed by atoms with Crippen LogP contribution in [-0.2, 0) is 14.2 Å². The standard InChI is InChI=1S/C18H14Br4O3/c19-17(20)15(24-17)13(11-7-3-1-4-8-11)23-14(16-18(21,22)25-16)12-9-5-2-6-10-12/h1-10,13-16H. The molecule has 2 aliphatic heterocycles. The average Bonchev–Trinajstić information content (AvgIpc) is 3.44. The quantitative estimate of drug-likeness (QED) is 0.295. The highest BCUT2D eigenvalue weighted by molar-refractivity contribution is 9.25. The van der Waals surface area contributed by atoms with Gasteiger partial charge in [0.2, 0.25) is 6.84 Å². The Morgan fingerprint density at radius 3 is 1.28 bits per heavy atom. The van der Waals surface area contributed by atoms with Gasteiger partial charge in [0, 0.05) is 0 Å². The Morgan fingerprint density at radius 1 is 0.680 bits per heavy atom. The van der Waals surface area contributed by atoms with E-state index in [1.54, 1.807) is 0 Å². The number of rotatable bonds is 6. The molecule has 2 aromatic rings. The molecule has 132 valence electrons. The Hall–Kier alpha value is 0.240. The lowest BCUT2D eigenvalue weighted by molar-refractivity contribution is -0.0419. The van der Waals surface area contributed by atoms with E-state index in [2.05, 4.69) is 63.7 Å². The van der Waals surface area contributed by atoms with E-state index in [1.807, 2.05) is 60.7 Å². The largest absolute Gasteiger partial charge is 0.360 e. The van der Waals surface area contributed by atoms with Crippen LogP contribution in [-0.4, -0.2) is 19.0 Å². The fourth-order valence-corrected chi connectivity index (χ4v) is 4.61. The lowest BCUT2D eigenvalue weighted by Gasteiger charge is -2.24. The number of halogens is 4. The average molecular weight is 598 g/mol. The van der Waals surface area contributed by atoms with E-state index >= 15 is 0 Å². The molecular weight excluding hydrogens is 584 g/mol. The van der Waals surface area contributed by atoms with Crippen molar-refractivity contribution in [1.82, 2.24) is 0 Å². The molecular formula is C18H14Br4O3. The molecule has 0 N–H and O–H groups in total. The smallest absolute Gasteiger partial charge is 0.207 e. The van der Waals surface area contributed by atoms with Crippen LogP contribution in [0.5, 0.6) is 0 Å². The fraction of sp³-hybridized carbons (Fsp3) is 0.333. The van der Waals surface area contributed by atoms with Gasteiger partial charge in [0.15, 0.2) is 0 Å². The maximum atomic E-state index is 6.57. The van der Waals surface area contributed by atoms with Crippen LogP contribution in [0.4, 0.5) is 0 Å². The molecule has 4 rings (SSSR count). The molecule has 25 heavy (non-hydrogen) atoms. The Labute approximate surface area is 179 Å². The minimum atomic E-state index is -0.550. The molecule has 0 spiro atoms. The van der Waals surface area contributed by atoms with Crippen molar-refractivity contribution >= 4 is 63.7 Å². The van der Waals surface area contributed by atoms with Crippen molar-refractivity contribution in [3.8, 4) is 0 Å². The molecule has 0 saturated carbocycles. The minimum absolute atomic E-state index is 0.139. The van der Waals surface area contributed by atoms with Crippen molar-refractivity contribution < 1.29 is 14.2 Å². The predicted octanol–water partition coefficient (Wildman–Crippen LogP) is 6.17. The summed E-state index contributed by atoms with van der Waals surface area (Å²) in [4.78, 5) is 0. The lowest BCUT2D eigenvalue weighted by Crippen LogP contribution is -2.22. The summed E-state index contributed by atoms with van der Waals surface area (Å²) in [6.45, 7) is 0. The van der Waals surface area contributed by atoms with Gasteiger partial charge in [-0.05, 0) is 74.8 Å². The monoisotopic (exact) mass is 594 g/mol. The van der Waals surface area contributed by atoms with Crippen LogP contribution >= 0.6 is 63.7 Å².